The monoisotopic (exact) mass is 366 g/mol. The smallest absolute Gasteiger partial charge is 0.338 e. The molecule has 9 heteroatoms. The molecule has 1 aromatic carbocycles. The lowest BCUT2D eigenvalue weighted by Gasteiger charge is -2.09. The minimum atomic E-state index is -4.49. The lowest BCUT2D eigenvalue weighted by molar-refractivity contribution is -0.141. The van der Waals surface area contributed by atoms with E-state index in [9.17, 15) is 23.2 Å². The maximum Gasteiger partial charge on any atom is 0.433 e. The van der Waals surface area contributed by atoms with E-state index in [1.807, 2.05) is 6.07 Å². The van der Waals surface area contributed by atoms with Gasteiger partial charge in [-0.1, -0.05) is 11.8 Å². The van der Waals surface area contributed by atoms with Gasteiger partial charge in [-0.2, -0.15) is 18.4 Å². The van der Waals surface area contributed by atoms with Crippen LogP contribution in [0.15, 0.2) is 46.3 Å². The molecule has 2 N–H and O–H groups in total. The van der Waals surface area contributed by atoms with Gasteiger partial charge < -0.3 is 10.6 Å². The van der Waals surface area contributed by atoms with Crippen LogP contribution in [-0.2, 0) is 6.18 Å². The van der Waals surface area contributed by atoms with Crippen LogP contribution in [0.3, 0.4) is 0 Å². The normalized spacial score (nSPS) is 10.8. The van der Waals surface area contributed by atoms with Crippen LogP contribution < -0.4 is 10.6 Å². The van der Waals surface area contributed by atoms with E-state index in [0.717, 1.165) is 24.0 Å². The van der Waals surface area contributed by atoms with Crippen LogP contribution in [0.2, 0.25) is 0 Å². The first-order valence-corrected chi connectivity index (χ1v) is 7.95. The van der Waals surface area contributed by atoms with Crippen molar-refractivity contribution in [3.8, 4) is 6.07 Å². The molecule has 2 amide bonds. The summed E-state index contributed by atoms with van der Waals surface area (Å²) in [5.41, 5.74) is -0.240. The highest BCUT2D eigenvalue weighted by molar-refractivity contribution is 7.99. The van der Waals surface area contributed by atoms with Gasteiger partial charge in [0.15, 0.2) is 0 Å². The van der Waals surface area contributed by atoms with Crippen molar-refractivity contribution in [2.24, 2.45) is 0 Å². The highest BCUT2D eigenvalue weighted by atomic mass is 32.2. The zero-order chi connectivity index (χ0) is 18.4. The fourth-order valence-corrected chi connectivity index (χ4v) is 2.70. The van der Waals surface area contributed by atoms with Crippen molar-refractivity contribution in [1.29, 1.82) is 5.26 Å². The summed E-state index contributed by atoms with van der Waals surface area (Å²) in [6.45, 7) is 2.24. The minimum absolute atomic E-state index is 0.291. The number of aromatic nitrogens is 1. The molecule has 130 valence electrons. The van der Waals surface area contributed by atoms with E-state index in [1.54, 1.807) is 19.1 Å². The molecule has 0 radical (unpaired) electrons. The molecule has 0 spiro atoms. The van der Waals surface area contributed by atoms with E-state index in [0.29, 0.717) is 27.6 Å². The second-order valence-electron chi connectivity index (χ2n) is 4.79. The third-order valence-corrected chi connectivity index (χ3v) is 4.00. The van der Waals surface area contributed by atoms with Gasteiger partial charge in [-0.25, -0.2) is 4.79 Å². The van der Waals surface area contributed by atoms with Crippen molar-refractivity contribution in [3.05, 3.63) is 47.8 Å². The Labute approximate surface area is 146 Å². The number of benzene rings is 1. The van der Waals surface area contributed by atoms with Gasteiger partial charge in [-0.05, 0) is 37.3 Å². The molecule has 0 bridgehead atoms. The Balaban J connectivity index is 2.17. The lowest BCUT2D eigenvalue weighted by atomic mass is 10.2. The van der Waals surface area contributed by atoms with Gasteiger partial charge in [0.2, 0.25) is 0 Å². The number of amides is 2. The molecule has 0 atom stereocenters. The summed E-state index contributed by atoms with van der Waals surface area (Å²) in [5.74, 6) is 0. The van der Waals surface area contributed by atoms with Gasteiger partial charge in [0, 0.05) is 28.2 Å². The first kappa shape index (κ1) is 18.6. The number of alkyl halides is 3. The summed E-state index contributed by atoms with van der Waals surface area (Å²) < 4.78 is 37.6. The van der Waals surface area contributed by atoms with Gasteiger partial charge in [0.25, 0.3) is 0 Å². The van der Waals surface area contributed by atoms with Gasteiger partial charge in [-0.15, -0.1) is 0 Å². The average molecular weight is 366 g/mol. The number of carbonyl (C=O) groups is 1. The lowest BCUT2D eigenvalue weighted by Crippen LogP contribution is -2.28. The van der Waals surface area contributed by atoms with E-state index in [-0.39, 0.29) is 0 Å². The topological polar surface area (TPSA) is 77.8 Å². The Bertz CT molecular complexity index is 801. The quantitative estimate of drug-likeness (QED) is 0.847. The molecular weight excluding hydrogens is 353 g/mol. The van der Waals surface area contributed by atoms with Gasteiger partial charge in [0.05, 0.1) is 5.56 Å². The summed E-state index contributed by atoms with van der Waals surface area (Å²) >= 11 is 1.12. The number of nitrogens with zero attached hydrogens (tertiary/aromatic N) is 2. The van der Waals surface area contributed by atoms with Crippen molar-refractivity contribution < 1.29 is 18.0 Å². The predicted molar refractivity (Wildman–Crippen MR) is 87.2 cm³/mol. The van der Waals surface area contributed by atoms with Crippen LogP contribution in [-0.4, -0.2) is 17.6 Å². The van der Waals surface area contributed by atoms with E-state index in [4.69, 9.17) is 0 Å². The number of nitriles is 1. The second kappa shape index (κ2) is 7.90. The van der Waals surface area contributed by atoms with Crippen molar-refractivity contribution in [2.45, 2.75) is 22.9 Å². The molecule has 0 saturated heterocycles. The maximum atomic E-state index is 12.5. The third-order valence-electron chi connectivity index (χ3n) is 2.95. The fourth-order valence-electron chi connectivity index (χ4n) is 1.86. The summed E-state index contributed by atoms with van der Waals surface area (Å²) in [5, 5.41) is 14.4. The first-order valence-electron chi connectivity index (χ1n) is 7.13. The Morgan fingerprint density at radius 1 is 1.32 bits per heavy atom. The number of hydrogen-bond acceptors (Lipinski definition) is 4. The zero-order valence-corrected chi connectivity index (χ0v) is 13.8. The summed E-state index contributed by atoms with van der Waals surface area (Å²) in [7, 11) is 0. The Hall–Kier alpha value is -2.73. The molecule has 1 heterocycles. The zero-order valence-electron chi connectivity index (χ0n) is 13.0. The van der Waals surface area contributed by atoms with E-state index >= 15 is 0 Å². The second-order valence-corrected chi connectivity index (χ2v) is 5.90. The number of pyridine rings is 1. The molecule has 2 aromatic rings. The summed E-state index contributed by atoms with van der Waals surface area (Å²) in [6.07, 6.45) is -3.39. The van der Waals surface area contributed by atoms with Crippen LogP contribution in [0.5, 0.6) is 0 Å². The number of anilines is 1. The molecular formula is C16H13F3N4OS. The molecule has 0 aliphatic heterocycles. The van der Waals surface area contributed by atoms with E-state index in [1.165, 1.54) is 12.1 Å². The SMILES string of the molecule is CCNC(=O)Nc1ccc(Sc2ccc(C(F)(F)F)nc2)c(C#N)c1. The molecule has 25 heavy (non-hydrogen) atoms. The van der Waals surface area contributed by atoms with Crippen molar-refractivity contribution in [1.82, 2.24) is 10.3 Å². The summed E-state index contributed by atoms with van der Waals surface area (Å²) in [6, 6.07) is 8.51. The average Bonchev–Trinajstić information content (AvgIpc) is 2.56. The highest BCUT2D eigenvalue weighted by Crippen LogP contribution is 2.33. The standard InChI is InChI=1S/C16H13F3N4OS/c1-2-21-15(24)23-11-3-5-13(10(7-11)8-20)25-12-4-6-14(22-9-12)16(17,18)19/h3-7,9H,2H2,1H3,(H2,21,23,24). The largest absolute Gasteiger partial charge is 0.433 e. The molecule has 0 aliphatic rings. The highest BCUT2D eigenvalue weighted by Gasteiger charge is 2.32. The predicted octanol–water partition coefficient (Wildman–Crippen LogP) is 4.26. The molecule has 1 aromatic heterocycles. The van der Waals surface area contributed by atoms with Crippen LogP contribution in [0, 0.1) is 11.3 Å². The van der Waals surface area contributed by atoms with Crippen molar-refractivity contribution in [2.75, 3.05) is 11.9 Å². The number of nitrogens with one attached hydrogen (secondary N) is 2. The van der Waals surface area contributed by atoms with Gasteiger partial charge >= 0.3 is 12.2 Å². The maximum absolute atomic E-state index is 12.5. The number of halogens is 3. The van der Waals surface area contributed by atoms with Crippen LogP contribution in [0.4, 0.5) is 23.7 Å². The molecule has 0 aliphatic carbocycles. The van der Waals surface area contributed by atoms with Crippen LogP contribution >= 0.6 is 11.8 Å². The first-order chi connectivity index (χ1) is 11.8. The fraction of sp³-hybridized carbons (Fsp3) is 0.188. The van der Waals surface area contributed by atoms with Gasteiger partial charge in [-0.3, -0.25) is 4.98 Å². The molecule has 0 saturated carbocycles. The molecule has 0 unspecified atom stereocenters. The molecule has 0 fully saturated rings. The minimum Gasteiger partial charge on any atom is -0.338 e. The van der Waals surface area contributed by atoms with Crippen molar-refractivity contribution >= 4 is 23.5 Å². The van der Waals surface area contributed by atoms with E-state index < -0.39 is 17.9 Å². The Morgan fingerprint density at radius 2 is 2.08 bits per heavy atom. The van der Waals surface area contributed by atoms with Crippen LogP contribution in [0.1, 0.15) is 18.2 Å². The third kappa shape index (κ3) is 5.12. The molecule has 5 nitrogen and oxygen atoms in total. The van der Waals surface area contributed by atoms with E-state index in [2.05, 4.69) is 15.6 Å². The molecule has 2 rings (SSSR count). The van der Waals surface area contributed by atoms with Crippen molar-refractivity contribution in [3.63, 3.8) is 0 Å². The number of carbonyl (C=O) groups excluding carboxylic acids is 1. The Morgan fingerprint density at radius 3 is 2.64 bits per heavy atom. The number of hydrogen-bond donors (Lipinski definition) is 2. The number of rotatable bonds is 4. The van der Waals surface area contributed by atoms with Crippen LogP contribution in [0.25, 0.3) is 0 Å². The number of urea groups is 1. The summed E-state index contributed by atoms with van der Waals surface area (Å²) in [4.78, 5) is 15.9. The van der Waals surface area contributed by atoms with Gasteiger partial charge in [0.1, 0.15) is 11.8 Å². The Kier molecular flexibility index (Phi) is 5.88.